The van der Waals surface area contributed by atoms with E-state index in [0.717, 1.165) is 35.7 Å². The van der Waals surface area contributed by atoms with Crippen molar-refractivity contribution in [2.45, 2.75) is 51.2 Å². The maximum Gasteiger partial charge on any atom is 0.286 e. The number of carbonyl (C=O) groups is 2. The molecule has 2 aromatic rings. The Morgan fingerprint density at radius 3 is 2.81 bits per heavy atom. The first-order chi connectivity index (χ1) is 15.1. The Hall–Kier alpha value is -2.64. The number of hydrogen-bond acceptors (Lipinski definition) is 5. The molecule has 1 aromatic heterocycles. The minimum atomic E-state index is -0.560. The Kier molecular flexibility index (Phi) is 6.73. The Bertz CT molecular complexity index is 976. The number of aliphatic hydroxyl groups is 1. The molecule has 7 nitrogen and oxygen atoms in total. The summed E-state index contributed by atoms with van der Waals surface area (Å²) in [4.78, 5) is 24.9. The second-order valence-corrected chi connectivity index (χ2v) is 8.37. The predicted octanol–water partition coefficient (Wildman–Crippen LogP) is 3.33. The molecule has 1 aromatic carbocycles. The Balaban J connectivity index is 1.60. The zero-order valence-electron chi connectivity index (χ0n) is 17.9. The van der Waals surface area contributed by atoms with E-state index in [2.05, 4.69) is 5.32 Å². The highest BCUT2D eigenvalue weighted by molar-refractivity contribution is 5.95. The van der Waals surface area contributed by atoms with Gasteiger partial charge in [0.2, 0.25) is 12.2 Å². The molecule has 2 atom stereocenters. The Morgan fingerprint density at radius 1 is 1.26 bits per heavy atom. The van der Waals surface area contributed by atoms with Crippen molar-refractivity contribution < 1.29 is 24.2 Å². The van der Waals surface area contributed by atoms with Gasteiger partial charge in [0.15, 0.2) is 5.76 Å². The lowest BCUT2D eigenvalue weighted by molar-refractivity contribution is -0.146. The minimum absolute atomic E-state index is 0.0577. The molecule has 1 saturated carbocycles. The summed E-state index contributed by atoms with van der Waals surface area (Å²) < 4.78 is 13.4. The number of carbonyl (C=O) groups excluding carboxylic acids is 2. The number of allylic oxidation sites excluding steroid dienone is 1. The van der Waals surface area contributed by atoms with Crippen molar-refractivity contribution in [3.05, 3.63) is 47.9 Å². The van der Waals surface area contributed by atoms with Crippen molar-refractivity contribution in [2.24, 2.45) is 5.92 Å². The largest absolute Gasteiger partial charge is 0.459 e. The van der Waals surface area contributed by atoms with Crippen molar-refractivity contribution >= 4 is 22.7 Å². The van der Waals surface area contributed by atoms with Crippen LogP contribution in [0.25, 0.3) is 10.9 Å². The van der Waals surface area contributed by atoms with E-state index in [-0.39, 0.29) is 30.1 Å². The molecule has 2 aliphatic rings. The number of aliphatic hydroxyl groups excluding tert-OH is 1. The fourth-order valence-corrected chi connectivity index (χ4v) is 3.97. The second kappa shape index (κ2) is 9.66. The van der Waals surface area contributed by atoms with Crippen molar-refractivity contribution in [3.8, 4) is 0 Å². The molecule has 0 bridgehead atoms. The first-order valence-corrected chi connectivity index (χ1v) is 11.1. The van der Waals surface area contributed by atoms with Gasteiger partial charge < -0.3 is 19.9 Å². The summed E-state index contributed by atoms with van der Waals surface area (Å²) in [5.74, 6) is 0.434. The predicted molar refractivity (Wildman–Crippen MR) is 117 cm³/mol. The average molecular weight is 427 g/mol. The van der Waals surface area contributed by atoms with E-state index < -0.39 is 6.29 Å². The molecule has 2 unspecified atom stereocenters. The molecule has 2 heterocycles. The Morgan fingerprint density at radius 2 is 2.06 bits per heavy atom. The van der Waals surface area contributed by atoms with Crippen molar-refractivity contribution in [1.29, 1.82) is 0 Å². The van der Waals surface area contributed by atoms with Gasteiger partial charge in [-0.2, -0.15) is 0 Å². The normalized spacial score (nSPS) is 20.9. The van der Waals surface area contributed by atoms with Crippen LogP contribution >= 0.6 is 0 Å². The third-order valence-electron chi connectivity index (χ3n) is 5.87. The molecule has 2 N–H and O–H groups in total. The first-order valence-electron chi connectivity index (χ1n) is 11.1. The van der Waals surface area contributed by atoms with Gasteiger partial charge in [-0.15, -0.1) is 0 Å². The van der Waals surface area contributed by atoms with Gasteiger partial charge in [-0.25, -0.2) is 0 Å². The van der Waals surface area contributed by atoms with E-state index in [9.17, 15) is 9.59 Å². The fourth-order valence-electron chi connectivity index (χ4n) is 3.97. The summed E-state index contributed by atoms with van der Waals surface area (Å²) in [6.45, 7) is 2.77. The van der Waals surface area contributed by atoms with Crippen LogP contribution in [0.2, 0.25) is 0 Å². The molecule has 1 amide bonds. The van der Waals surface area contributed by atoms with Crippen LogP contribution in [0.3, 0.4) is 0 Å². The number of rotatable bonds is 9. The van der Waals surface area contributed by atoms with Crippen LogP contribution in [0.4, 0.5) is 0 Å². The summed E-state index contributed by atoms with van der Waals surface area (Å²) >= 11 is 0. The van der Waals surface area contributed by atoms with Gasteiger partial charge in [-0.3, -0.25) is 14.2 Å². The molecule has 166 valence electrons. The first kappa shape index (κ1) is 21.6. The summed E-state index contributed by atoms with van der Waals surface area (Å²) in [6, 6.07) is 7.79. The zero-order chi connectivity index (χ0) is 21.8. The maximum absolute atomic E-state index is 12.8. The number of para-hydroxylation sites is 1. The number of benzene rings is 1. The third-order valence-corrected chi connectivity index (χ3v) is 5.87. The van der Waals surface area contributed by atoms with E-state index >= 15 is 0 Å². The molecule has 1 fully saturated rings. The quantitative estimate of drug-likeness (QED) is 0.601. The van der Waals surface area contributed by atoms with Crippen molar-refractivity contribution in [3.63, 3.8) is 0 Å². The van der Waals surface area contributed by atoms with Crippen molar-refractivity contribution in [2.75, 3.05) is 19.8 Å². The van der Waals surface area contributed by atoms with Crippen molar-refractivity contribution in [1.82, 2.24) is 9.88 Å². The van der Waals surface area contributed by atoms with Gasteiger partial charge in [0.1, 0.15) is 0 Å². The summed E-state index contributed by atoms with van der Waals surface area (Å²) in [5.41, 5.74) is 1.83. The van der Waals surface area contributed by atoms with Crippen LogP contribution < -0.4 is 5.32 Å². The highest BCUT2D eigenvalue weighted by Crippen LogP contribution is 2.36. The molecule has 0 radical (unpaired) electrons. The summed E-state index contributed by atoms with van der Waals surface area (Å²) in [7, 11) is 0. The van der Waals surface area contributed by atoms with Gasteiger partial charge in [-0.1, -0.05) is 18.2 Å². The standard InChI is InChI=1S/C24H30N2O5/c1-16(28)26-15-20(19-6-2-3-7-21(19)26)18-12-22(24(29)25-14-17-8-9-17)31-23(13-18)30-11-5-4-10-27/h2-3,6-7,12,15,17-18,23,27H,4-5,8-11,13-14H2,1H3,(H,25,29). The lowest BCUT2D eigenvalue weighted by Gasteiger charge is -2.29. The van der Waals surface area contributed by atoms with E-state index in [0.29, 0.717) is 31.9 Å². The van der Waals surface area contributed by atoms with E-state index in [1.54, 1.807) is 11.5 Å². The van der Waals surface area contributed by atoms with Gasteiger partial charge in [0.05, 0.1) is 12.1 Å². The lowest BCUT2D eigenvalue weighted by Crippen LogP contribution is -2.34. The average Bonchev–Trinajstić information content (AvgIpc) is 3.52. The van der Waals surface area contributed by atoms with E-state index in [4.69, 9.17) is 14.6 Å². The molecule has 1 aliphatic carbocycles. The molecular weight excluding hydrogens is 396 g/mol. The zero-order valence-corrected chi connectivity index (χ0v) is 17.9. The number of amides is 1. The minimum Gasteiger partial charge on any atom is -0.459 e. The molecule has 4 rings (SSSR count). The van der Waals surface area contributed by atoms with Gasteiger partial charge >= 0.3 is 0 Å². The molecular formula is C24H30N2O5. The van der Waals surface area contributed by atoms with Crippen LogP contribution in [0.1, 0.15) is 55.3 Å². The topological polar surface area (TPSA) is 89.8 Å². The Labute approximate surface area is 182 Å². The van der Waals surface area contributed by atoms with Crippen LogP contribution in [-0.4, -0.2) is 47.5 Å². The monoisotopic (exact) mass is 426 g/mol. The smallest absolute Gasteiger partial charge is 0.286 e. The molecule has 0 saturated heterocycles. The number of nitrogens with one attached hydrogen (secondary N) is 1. The highest BCUT2D eigenvalue weighted by Gasteiger charge is 2.31. The second-order valence-electron chi connectivity index (χ2n) is 8.37. The van der Waals surface area contributed by atoms with Gasteiger partial charge in [0.25, 0.3) is 5.91 Å². The number of fused-ring (bicyclic) bond motifs is 1. The molecule has 7 heteroatoms. The number of hydrogen-bond donors (Lipinski definition) is 2. The number of aromatic nitrogens is 1. The lowest BCUT2D eigenvalue weighted by atomic mass is 9.92. The van der Waals surface area contributed by atoms with Crippen LogP contribution in [0.15, 0.2) is 42.3 Å². The number of nitrogens with zero attached hydrogens (tertiary/aromatic N) is 1. The molecule has 31 heavy (non-hydrogen) atoms. The molecule has 1 aliphatic heterocycles. The summed E-state index contributed by atoms with van der Waals surface area (Å²) in [6.07, 6.45) is 7.39. The van der Waals surface area contributed by atoms with Crippen LogP contribution in [0, 0.1) is 5.92 Å². The SMILES string of the molecule is CC(=O)n1cc(C2C=C(C(=O)NCC3CC3)OC(OCCCCO)C2)c2ccccc21. The van der Waals surface area contributed by atoms with Crippen LogP contribution in [0.5, 0.6) is 0 Å². The number of unbranched alkanes of at least 4 members (excludes halogenated alkanes) is 1. The highest BCUT2D eigenvalue weighted by atomic mass is 16.7. The number of ether oxygens (including phenoxy) is 2. The third kappa shape index (κ3) is 5.17. The van der Waals surface area contributed by atoms with E-state index in [1.807, 2.05) is 36.5 Å². The fraction of sp³-hybridized carbons (Fsp3) is 0.500. The van der Waals surface area contributed by atoms with E-state index in [1.165, 1.54) is 0 Å². The van der Waals surface area contributed by atoms with Crippen LogP contribution in [-0.2, 0) is 14.3 Å². The molecule has 0 spiro atoms. The maximum atomic E-state index is 12.8. The summed E-state index contributed by atoms with van der Waals surface area (Å²) in [5, 5.41) is 12.9. The van der Waals surface area contributed by atoms with Gasteiger partial charge in [0, 0.05) is 44.0 Å². The van der Waals surface area contributed by atoms with Gasteiger partial charge in [-0.05, 0) is 49.3 Å².